The summed E-state index contributed by atoms with van der Waals surface area (Å²) in [6.45, 7) is 5.23. The molecule has 31 heavy (non-hydrogen) atoms. The van der Waals surface area contributed by atoms with E-state index >= 15 is 0 Å². The van der Waals surface area contributed by atoms with Crippen LogP contribution in [0.3, 0.4) is 0 Å². The van der Waals surface area contributed by atoms with Gasteiger partial charge < -0.3 is 10.6 Å². The second-order valence-electron chi connectivity index (χ2n) is 7.90. The Bertz CT molecular complexity index is 1060. The third kappa shape index (κ3) is 5.23. The largest absolute Gasteiger partial charge is 0.356 e. The number of nitrogens with zero attached hydrogens (tertiary/aromatic N) is 4. The summed E-state index contributed by atoms with van der Waals surface area (Å²) in [6.07, 6.45) is 3.80. The van der Waals surface area contributed by atoms with Crippen LogP contribution in [-0.2, 0) is 12.0 Å². The monoisotopic (exact) mass is 534 g/mol. The molecular formula is C23H28FIN6. The van der Waals surface area contributed by atoms with Crippen LogP contribution in [0.15, 0.2) is 53.7 Å². The Morgan fingerprint density at radius 2 is 1.94 bits per heavy atom. The molecule has 4 rings (SSSR count). The summed E-state index contributed by atoms with van der Waals surface area (Å²) in [5, 5.41) is 11.1. The molecule has 0 bridgehead atoms. The Labute approximate surface area is 199 Å². The quantitative estimate of drug-likeness (QED) is 0.285. The van der Waals surface area contributed by atoms with E-state index in [-0.39, 0.29) is 35.2 Å². The van der Waals surface area contributed by atoms with Crippen molar-refractivity contribution < 1.29 is 4.39 Å². The van der Waals surface area contributed by atoms with Crippen LogP contribution in [0, 0.1) is 19.7 Å². The molecular weight excluding hydrogens is 506 g/mol. The van der Waals surface area contributed by atoms with E-state index in [1.165, 1.54) is 6.07 Å². The zero-order chi connectivity index (χ0) is 21.1. The van der Waals surface area contributed by atoms with Crippen molar-refractivity contribution >= 4 is 29.9 Å². The van der Waals surface area contributed by atoms with Crippen LogP contribution < -0.4 is 10.6 Å². The van der Waals surface area contributed by atoms with Crippen molar-refractivity contribution in [1.82, 2.24) is 25.4 Å². The molecule has 1 aromatic carbocycles. The Morgan fingerprint density at radius 3 is 2.52 bits per heavy atom. The fraction of sp³-hybridized carbons (Fsp3) is 0.348. The highest BCUT2D eigenvalue weighted by Gasteiger charge is 2.45. The molecule has 2 aromatic heterocycles. The molecule has 0 aliphatic heterocycles. The van der Waals surface area contributed by atoms with E-state index in [9.17, 15) is 4.39 Å². The number of pyridine rings is 1. The summed E-state index contributed by atoms with van der Waals surface area (Å²) in [5.41, 5.74) is 3.72. The maximum Gasteiger partial charge on any atom is 0.191 e. The lowest BCUT2D eigenvalue weighted by Gasteiger charge is -2.19. The van der Waals surface area contributed by atoms with E-state index < -0.39 is 0 Å². The minimum Gasteiger partial charge on any atom is -0.356 e. The molecule has 1 saturated carbocycles. The van der Waals surface area contributed by atoms with Crippen molar-refractivity contribution in [2.75, 3.05) is 13.6 Å². The lowest BCUT2D eigenvalue weighted by Crippen LogP contribution is -2.41. The third-order valence-corrected chi connectivity index (χ3v) is 5.61. The minimum absolute atomic E-state index is 0. The molecule has 0 saturated heterocycles. The van der Waals surface area contributed by atoms with Crippen LogP contribution in [0.25, 0.3) is 5.82 Å². The summed E-state index contributed by atoms with van der Waals surface area (Å²) in [4.78, 5) is 8.83. The summed E-state index contributed by atoms with van der Waals surface area (Å²) in [6, 6.07) is 13.1. The van der Waals surface area contributed by atoms with Gasteiger partial charge in [0.2, 0.25) is 0 Å². The highest BCUT2D eigenvalue weighted by molar-refractivity contribution is 14.0. The van der Waals surface area contributed by atoms with Gasteiger partial charge in [-0.05, 0) is 56.0 Å². The van der Waals surface area contributed by atoms with Gasteiger partial charge in [0.1, 0.15) is 5.82 Å². The van der Waals surface area contributed by atoms with E-state index in [0.29, 0.717) is 19.0 Å². The van der Waals surface area contributed by atoms with E-state index in [4.69, 9.17) is 0 Å². The number of nitrogens with one attached hydrogen (secondary N) is 2. The number of aryl methyl sites for hydroxylation is 2. The molecule has 1 aliphatic carbocycles. The van der Waals surface area contributed by atoms with Crippen LogP contribution in [0.5, 0.6) is 0 Å². The van der Waals surface area contributed by atoms with Gasteiger partial charge in [0, 0.05) is 37.4 Å². The first kappa shape index (κ1) is 23.2. The third-order valence-electron chi connectivity index (χ3n) is 5.61. The fourth-order valence-corrected chi connectivity index (χ4v) is 3.75. The molecule has 8 heteroatoms. The number of rotatable bonds is 6. The molecule has 1 fully saturated rings. The second-order valence-corrected chi connectivity index (χ2v) is 7.90. The van der Waals surface area contributed by atoms with Gasteiger partial charge in [0.05, 0.1) is 5.69 Å². The van der Waals surface area contributed by atoms with E-state index in [0.717, 1.165) is 41.2 Å². The van der Waals surface area contributed by atoms with Gasteiger partial charge in [-0.25, -0.2) is 14.1 Å². The van der Waals surface area contributed by atoms with Crippen LogP contribution in [0.2, 0.25) is 0 Å². The van der Waals surface area contributed by atoms with Crippen molar-refractivity contribution in [2.45, 2.75) is 38.6 Å². The lowest BCUT2D eigenvalue weighted by atomic mass is 9.95. The summed E-state index contributed by atoms with van der Waals surface area (Å²) >= 11 is 0. The van der Waals surface area contributed by atoms with Crippen molar-refractivity contribution in [3.63, 3.8) is 0 Å². The van der Waals surface area contributed by atoms with Gasteiger partial charge in [-0.15, -0.1) is 24.0 Å². The first-order valence-corrected chi connectivity index (χ1v) is 10.2. The van der Waals surface area contributed by atoms with Gasteiger partial charge in [0.15, 0.2) is 11.8 Å². The summed E-state index contributed by atoms with van der Waals surface area (Å²) < 4.78 is 16.0. The predicted molar refractivity (Wildman–Crippen MR) is 132 cm³/mol. The smallest absolute Gasteiger partial charge is 0.191 e. The van der Waals surface area contributed by atoms with Gasteiger partial charge in [0.25, 0.3) is 0 Å². The number of halogens is 2. The van der Waals surface area contributed by atoms with Gasteiger partial charge in [-0.2, -0.15) is 5.10 Å². The predicted octanol–water partition coefficient (Wildman–Crippen LogP) is 4.04. The SMILES string of the molecule is CN=C(NCc1ccc(-n2nc(C)cc2C)nc1)NCC1(c2ccccc2F)CC1.I. The minimum atomic E-state index is -0.133. The zero-order valence-corrected chi connectivity index (χ0v) is 20.4. The first-order valence-electron chi connectivity index (χ1n) is 10.2. The molecule has 0 spiro atoms. The van der Waals surface area contributed by atoms with Crippen molar-refractivity contribution in [3.8, 4) is 5.82 Å². The van der Waals surface area contributed by atoms with E-state index in [1.807, 2.05) is 55.1 Å². The van der Waals surface area contributed by atoms with Crippen LogP contribution >= 0.6 is 24.0 Å². The number of aromatic nitrogens is 3. The Morgan fingerprint density at radius 1 is 1.16 bits per heavy atom. The number of hydrogen-bond donors (Lipinski definition) is 2. The number of benzene rings is 1. The molecule has 3 aromatic rings. The lowest BCUT2D eigenvalue weighted by molar-refractivity contribution is 0.559. The fourth-order valence-electron chi connectivity index (χ4n) is 3.75. The molecule has 2 heterocycles. The topological polar surface area (TPSA) is 67.1 Å². The van der Waals surface area contributed by atoms with Crippen LogP contribution in [0.1, 0.15) is 35.4 Å². The van der Waals surface area contributed by atoms with Crippen molar-refractivity contribution in [2.24, 2.45) is 4.99 Å². The maximum atomic E-state index is 14.2. The molecule has 2 N–H and O–H groups in total. The molecule has 0 radical (unpaired) electrons. The Kier molecular flexibility index (Phi) is 7.30. The zero-order valence-electron chi connectivity index (χ0n) is 18.0. The van der Waals surface area contributed by atoms with Gasteiger partial charge in [-0.1, -0.05) is 24.3 Å². The molecule has 0 unspecified atom stereocenters. The molecule has 0 amide bonds. The molecule has 6 nitrogen and oxygen atoms in total. The normalized spacial score (nSPS) is 14.6. The first-order chi connectivity index (χ1) is 14.5. The highest BCUT2D eigenvalue weighted by atomic mass is 127. The number of aliphatic imine (C=N–C) groups is 1. The van der Waals surface area contributed by atoms with Crippen molar-refractivity contribution in [1.29, 1.82) is 0 Å². The Hall–Kier alpha value is -2.49. The maximum absolute atomic E-state index is 14.2. The van der Waals surface area contributed by atoms with Gasteiger partial charge >= 0.3 is 0 Å². The molecule has 1 aliphatic rings. The van der Waals surface area contributed by atoms with Crippen molar-refractivity contribution in [3.05, 3.63) is 77.0 Å². The average Bonchev–Trinajstić information content (AvgIpc) is 3.46. The molecule has 0 atom stereocenters. The van der Waals surface area contributed by atoms with E-state index in [2.05, 4.69) is 25.7 Å². The highest BCUT2D eigenvalue weighted by Crippen LogP contribution is 2.48. The number of hydrogen-bond acceptors (Lipinski definition) is 3. The van der Waals surface area contributed by atoms with Gasteiger partial charge in [-0.3, -0.25) is 4.99 Å². The average molecular weight is 534 g/mol. The molecule has 164 valence electrons. The van der Waals surface area contributed by atoms with E-state index in [1.54, 1.807) is 13.1 Å². The Balaban J connectivity index is 0.00000272. The van der Waals surface area contributed by atoms with Crippen LogP contribution in [0.4, 0.5) is 4.39 Å². The second kappa shape index (κ2) is 9.76. The standard InChI is InChI=1S/C23H27FN6.HI/c1-16-12-17(2)30(29-16)21-9-8-18(13-26-21)14-27-22(25-3)28-15-23(10-11-23)19-6-4-5-7-20(19)24;/h4-9,12-13H,10-11,14-15H2,1-3H3,(H2,25,27,28);1H. The van der Waals surface area contributed by atoms with Crippen LogP contribution in [-0.4, -0.2) is 34.3 Å². The summed E-state index contributed by atoms with van der Waals surface area (Å²) in [5.74, 6) is 1.36. The summed E-state index contributed by atoms with van der Waals surface area (Å²) in [7, 11) is 1.74. The number of guanidine groups is 1.